The lowest BCUT2D eigenvalue weighted by Gasteiger charge is -2.36. The van der Waals surface area contributed by atoms with Crippen LogP contribution >= 0.6 is 0 Å². The number of hydrogen-bond acceptors (Lipinski definition) is 2. The van der Waals surface area contributed by atoms with E-state index < -0.39 is 0 Å². The van der Waals surface area contributed by atoms with Gasteiger partial charge in [-0.2, -0.15) is 0 Å². The molecule has 0 saturated heterocycles. The van der Waals surface area contributed by atoms with Gasteiger partial charge in [-0.05, 0) is 59.1 Å². The monoisotopic (exact) mass is 462 g/mol. The first-order valence-electron chi connectivity index (χ1n) is 12.8. The summed E-state index contributed by atoms with van der Waals surface area (Å²) in [5, 5.41) is 3.98. The summed E-state index contributed by atoms with van der Waals surface area (Å²) in [6.07, 6.45) is 3.75. The number of rotatable bonds is 10. The number of pyridine rings is 1. The lowest BCUT2D eigenvalue weighted by Crippen LogP contribution is -2.40. The molecule has 0 bridgehead atoms. The minimum Gasteiger partial charge on any atom is -0.384 e. The Morgan fingerprint density at radius 2 is 1.14 bits per heavy atom. The Kier molecular flexibility index (Phi) is 8.02. The van der Waals surface area contributed by atoms with Gasteiger partial charge in [-0.25, -0.2) is 0 Å². The van der Waals surface area contributed by atoms with Crippen LogP contribution in [0.25, 0.3) is 0 Å². The summed E-state index contributed by atoms with van der Waals surface area (Å²) in [5.41, 5.74) is 7.64. The summed E-state index contributed by atoms with van der Waals surface area (Å²) >= 11 is 0. The summed E-state index contributed by atoms with van der Waals surface area (Å²) in [5.74, 6) is 0.896. The Hall–Kier alpha value is -3.39. The van der Waals surface area contributed by atoms with Gasteiger partial charge < -0.3 is 5.32 Å². The van der Waals surface area contributed by atoms with Crippen molar-refractivity contribution >= 4 is 5.69 Å². The van der Waals surface area contributed by atoms with E-state index in [0.29, 0.717) is 11.8 Å². The van der Waals surface area contributed by atoms with E-state index in [1.807, 2.05) is 12.3 Å². The van der Waals surface area contributed by atoms with Gasteiger partial charge in [0.05, 0.1) is 0 Å². The fraction of sp³-hybridized carbons (Fsp3) is 0.303. The molecule has 1 N–H and O–H groups in total. The average molecular weight is 463 g/mol. The predicted molar refractivity (Wildman–Crippen MR) is 149 cm³/mol. The first-order valence-corrected chi connectivity index (χ1v) is 12.8. The highest BCUT2D eigenvalue weighted by molar-refractivity contribution is 5.60. The first kappa shape index (κ1) is 24.7. The molecule has 0 fully saturated rings. The second kappa shape index (κ2) is 11.4. The zero-order chi connectivity index (χ0) is 24.7. The van der Waals surface area contributed by atoms with Crippen molar-refractivity contribution in [1.82, 2.24) is 4.98 Å². The Morgan fingerprint density at radius 3 is 1.60 bits per heavy atom. The molecule has 0 aliphatic heterocycles. The molecule has 1 aromatic heterocycles. The van der Waals surface area contributed by atoms with E-state index in [1.54, 1.807) is 0 Å². The number of anilines is 1. The fourth-order valence-corrected chi connectivity index (χ4v) is 5.12. The van der Waals surface area contributed by atoms with Crippen LogP contribution in [0.15, 0.2) is 103 Å². The van der Waals surface area contributed by atoms with Gasteiger partial charge in [0.1, 0.15) is 0 Å². The molecule has 4 rings (SSSR count). The third kappa shape index (κ3) is 6.00. The Labute approximate surface area is 211 Å². The van der Waals surface area contributed by atoms with Crippen LogP contribution in [0.2, 0.25) is 0 Å². The number of nitrogens with one attached hydrogen (secondary N) is 1. The van der Waals surface area contributed by atoms with E-state index in [0.717, 1.165) is 25.1 Å². The topological polar surface area (TPSA) is 24.9 Å². The van der Waals surface area contributed by atoms with Crippen LogP contribution in [-0.4, -0.2) is 11.5 Å². The predicted octanol–water partition coefficient (Wildman–Crippen LogP) is 8.16. The van der Waals surface area contributed by atoms with Crippen LogP contribution < -0.4 is 5.32 Å². The van der Waals surface area contributed by atoms with Crippen molar-refractivity contribution in [3.05, 3.63) is 131 Å². The zero-order valence-corrected chi connectivity index (χ0v) is 21.5. The van der Waals surface area contributed by atoms with E-state index >= 15 is 0 Å². The lowest BCUT2D eigenvalue weighted by atomic mass is 9.73. The Bertz CT molecular complexity index is 1110. The Morgan fingerprint density at radius 1 is 0.629 bits per heavy atom. The van der Waals surface area contributed by atoms with Gasteiger partial charge in [0, 0.05) is 29.5 Å². The molecule has 0 aliphatic rings. The third-order valence-electron chi connectivity index (χ3n) is 6.96. The van der Waals surface area contributed by atoms with Gasteiger partial charge >= 0.3 is 0 Å². The second-order valence-corrected chi connectivity index (χ2v) is 10.3. The quantitative estimate of drug-likeness (QED) is 0.257. The maximum absolute atomic E-state index is 4.93. The molecular formula is C33H38N2. The molecule has 180 valence electrons. The SMILES string of the molecule is CC(C)c1cccc(C(C)C)c1NCC(Cc1ccccc1)(Cc1ccccc1)c1ccccn1. The van der Waals surface area contributed by atoms with Gasteiger partial charge in [-0.1, -0.05) is 113 Å². The van der Waals surface area contributed by atoms with Crippen molar-refractivity contribution < 1.29 is 0 Å². The summed E-state index contributed by atoms with van der Waals surface area (Å²) < 4.78 is 0. The van der Waals surface area contributed by atoms with Gasteiger partial charge in [-0.3, -0.25) is 4.98 Å². The van der Waals surface area contributed by atoms with E-state index in [1.165, 1.54) is 27.9 Å². The molecule has 0 unspecified atom stereocenters. The lowest BCUT2D eigenvalue weighted by molar-refractivity contribution is 0.430. The maximum Gasteiger partial charge on any atom is 0.0489 e. The molecule has 2 nitrogen and oxygen atoms in total. The fourth-order valence-electron chi connectivity index (χ4n) is 5.12. The van der Waals surface area contributed by atoms with Crippen molar-refractivity contribution in [2.45, 2.75) is 57.8 Å². The van der Waals surface area contributed by atoms with Gasteiger partial charge in [0.25, 0.3) is 0 Å². The van der Waals surface area contributed by atoms with Crippen LogP contribution in [0.3, 0.4) is 0 Å². The van der Waals surface area contributed by atoms with E-state index in [9.17, 15) is 0 Å². The van der Waals surface area contributed by atoms with Crippen molar-refractivity contribution in [1.29, 1.82) is 0 Å². The standard InChI is InChI=1S/C33H38N2/c1-25(2)29-18-13-19-30(26(3)4)32(29)35-24-33(31-20-11-12-21-34-31,22-27-14-7-5-8-15-27)23-28-16-9-6-10-17-28/h5-21,25-26,35H,22-24H2,1-4H3. The highest BCUT2D eigenvalue weighted by Gasteiger charge is 2.35. The zero-order valence-electron chi connectivity index (χ0n) is 21.5. The maximum atomic E-state index is 4.93. The van der Waals surface area contributed by atoms with Crippen LogP contribution in [0.5, 0.6) is 0 Å². The van der Waals surface area contributed by atoms with Crippen molar-refractivity contribution in [3.63, 3.8) is 0 Å². The summed E-state index contributed by atoms with van der Waals surface area (Å²) in [4.78, 5) is 4.93. The Balaban J connectivity index is 1.81. The molecule has 1 heterocycles. The number of para-hydroxylation sites is 1. The van der Waals surface area contributed by atoms with E-state index in [4.69, 9.17) is 4.98 Å². The highest BCUT2D eigenvalue weighted by atomic mass is 14.9. The minimum absolute atomic E-state index is 0.206. The van der Waals surface area contributed by atoms with Gasteiger partial charge in [0.2, 0.25) is 0 Å². The largest absolute Gasteiger partial charge is 0.384 e. The van der Waals surface area contributed by atoms with Crippen molar-refractivity contribution in [3.8, 4) is 0 Å². The van der Waals surface area contributed by atoms with E-state index in [-0.39, 0.29) is 5.41 Å². The second-order valence-electron chi connectivity index (χ2n) is 10.3. The molecule has 3 aromatic carbocycles. The number of nitrogens with zero attached hydrogens (tertiary/aromatic N) is 1. The molecule has 0 atom stereocenters. The van der Waals surface area contributed by atoms with Crippen LogP contribution in [-0.2, 0) is 18.3 Å². The first-order chi connectivity index (χ1) is 17.0. The summed E-state index contributed by atoms with van der Waals surface area (Å²) in [6, 6.07) is 34.8. The molecule has 0 spiro atoms. The molecular weight excluding hydrogens is 424 g/mol. The molecule has 0 aliphatic carbocycles. The van der Waals surface area contributed by atoms with Gasteiger partial charge in [0.15, 0.2) is 0 Å². The minimum atomic E-state index is -0.206. The molecule has 0 saturated carbocycles. The molecule has 0 radical (unpaired) electrons. The molecule has 4 aromatic rings. The molecule has 35 heavy (non-hydrogen) atoms. The van der Waals surface area contributed by atoms with Crippen LogP contribution in [0.1, 0.15) is 67.5 Å². The molecule has 2 heteroatoms. The van der Waals surface area contributed by atoms with Crippen molar-refractivity contribution in [2.24, 2.45) is 0 Å². The molecule has 0 amide bonds. The average Bonchev–Trinajstić information content (AvgIpc) is 2.88. The summed E-state index contributed by atoms with van der Waals surface area (Å²) in [6.45, 7) is 9.93. The number of aromatic nitrogens is 1. The highest BCUT2D eigenvalue weighted by Crippen LogP contribution is 2.36. The smallest absolute Gasteiger partial charge is 0.0489 e. The van der Waals surface area contributed by atoms with Crippen molar-refractivity contribution in [2.75, 3.05) is 11.9 Å². The van der Waals surface area contributed by atoms with Crippen LogP contribution in [0.4, 0.5) is 5.69 Å². The third-order valence-corrected chi connectivity index (χ3v) is 6.96. The van der Waals surface area contributed by atoms with E-state index in [2.05, 4.69) is 124 Å². The number of benzene rings is 3. The van der Waals surface area contributed by atoms with Crippen LogP contribution in [0, 0.1) is 0 Å². The number of hydrogen-bond donors (Lipinski definition) is 1. The van der Waals surface area contributed by atoms with Gasteiger partial charge in [-0.15, -0.1) is 0 Å². The normalized spacial score (nSPS) is 11.7. The summed E-state index contributed by atoms with van der Waals surface area (Å²) in [7, 11) is 0.